The zero-order valence-electron chi connectivity index (χ0n) is 14.5. The zero-order chi connectivity index (χ0) is 14.8. The number of hydrogen-bond donors (Lipinski definition) is 0. The van der Waals surface area contributed by atoms with Gasteiger partial charge in [0.05, 0.1) is 5.60 Å². The number of hydrogen-bond acceptors (Lipinski definition) is 1. The van der Waals surface area contributed by atoms with Crippen molar-refractivity contribution in [1.29, 1.82) is 0 Å². The summed E-state index contributed by atoms with van der Waals surface area (Å²) in [5.41, 5.74) is 1.02. The van der Waals surface area contributed by atoms with Crippen LogP contribution < -0.4 is 0 Å². The standard InChI is InChI=1S/C16H36OSi/c1-13(2,3)10-16(17-18,11-14(4,5)6)12-15(7,8)9/h10-12H2,1-9,18H3. The molecular formula is C16H36OSi. The summed E-state index contributed by atoms with van der Waals surface area (Å²) in [6, 6.07) is 0. The van der Waals surface area contributed by atoms with Crippen molar-refractivity contribution >= 4 is 10.5 Å². The van der Waals surface area contributed by atoms with E-state index in [1.807, 2.05) is 0 Å². The monoisotopic (exact) mass is 272 g/mol. The molecule has 0 aliphatic carbocycles. The van der Waals surface area contributed by atoms with Gasteiger partial charge >= 0.3 is 0 Å². The fraction of sp³-hybridized carbons (Fsp3) is 1.00. The van der Waals surface area contributed by atoms with E-state index < -0.39 is 0 Å². The molecule has 0 saturated carbocycles. The minimum Gasteiger partial charge on any atom is -0.422 e. The van der Waals surface area contributed by atoms with Gasteiger partial charge in [0.1, 0.15) is 10.5 Å². The first kappa shape index (κ1) is 18.2. The average Bonchev–Trinajstić information content (AvgIpc) is 1.93. The summed E-state index contributed by atoms with van der Waals surface area (Å²) in [6.45, 7) is 20.9. The van der Waals surface area contributed by atoms with E-state index in [2.05, 4.69) is 62.3 Å². The van der Waals surface area contributed by atoms with Crippen molar-refractivity contribution in [3.63, 3.8) is 0 Å². The molecule has 0 fully saturated rings. The van der Waals surface area contributed by atoms with Crippen molar-refractivity contribution in [2.24, 2.45) is 16.2 Å². The van der Waals surface area contributed by atoms with Crippen molar-refractivity contribution in [1.82, 2.24) is 0 Å². The van der Waals surface area contributed by atoms with Crippen LogP contribution in [0.25, 0.3) is 0 Å². The summed E-state index contributed by atoms with van der Waals surface area (Å²) >= 11 is 0. The van der Waals surface area contributed by atoms with Crippen LogP contribution in [-0.2, 0) is 4.43 Å². The van der Waals surface area contributed by atoms with Crippen LogP contribution in [0.5, 0.6) is 0 Å². The predicted molar refractivity (Wildman–Crippen MR) is 86.0 cm³/mol. The Bertz CT molecular complexity index is 209. The molecule has 0 amide bonds. The van der Waals surface area contributed by atoms with E-state index in [0.29, 0.717) is 16.2 Å². The molecule has 0 N–H and O–H groups in total. The Labute approximate surface area is 119 Å². The van der Waals surface area contributed by atoms with Crippen LogP contribution >= 0.6 is 0 Å². The van der Waals surface area contributed by atoms with Crippen LogP contribution in [0.2, 0.25) is 0 Å². The lowest BCUT2D eigenvalue weighted by atomic mass is 9.68. The molecule has 0 atom stereocenters. The van der Waals surface area contributed by atoms with Crippen LogP contribution in [0.4, 0.5) is 0 Å². The summed E-state index contributed by atoms with van der Waals surface area (Å²) in [4.78, 5) is 0. The molecule has 1 nitrogen and oxygen atoms in total. The molecule has 0 bridgehead atoms. The highest BCUT2D eigenvalue weighted by Crippen LogP contribution is 2.44. The first-order valence-electron chi connectivity index (χ1n) is 7.23. The Kier molecular flexibility index (Phi) is 5.72. The predicted octanol–water partition coefficient (Wildman–Crippen LogP) is 4.33. The van der Waals surface area contributed by atoms with E-state index >= 15 is 0 Å². The van der Waals surface area contributed by atoms with E-state index in [1.165, 1.54) is 0 Å². The van der Waals surface area contributed by atoms with Gasteiger partial charge in [-0.05, 0) is 35.5 Å². The molecule has 0 unspecified atom stereocenters. The molecule has 0 radical (unpaired) electrons. The molecule has 0 spiro atoms. The Morgan fingerprint density at radius 1 is 0.611 bits per heavy atom. The second-order valence-corrected chi connectivity index (χ2v) is 10.0. The van der Waals surface area contributed by atoms with E-state index in [4.69, 9.17) is 4.43 Å². The second kappa shape index (κ2) is 5.66. The van der Waals surface area contributed by atoms with Gasteiger partial charge in [0, 0.05) is 0 Å². The van der Waals surface area contributed by atoms with E-state index in [0.717, 1.165) is 29.7 Å². The molecule has 0 aliphatic rings. The Morgan fingerprint density at radius 3 is 0.944 bits per heavy atom. The van der Waals surface area contributed by atoms with E-state index in [-0.39, 0.29) is 5.60 Å². The molecule has 0 aliphatic heterocycles. The van der Waals surface area contributed by atoms with Gasteiger partial charge in [-0.2, -0.15) is 0 Å². The molecule has 18 heavy (non-hydrogen) atoms. The quantitative estimate of drug-likeness (QED) is 0.692. The Balaban J connectivity index is 5.20. The lowest BCUT2D eigenvalue weighted by molar-refractivity contribution is -0.0314. The first-order valence-corrected chi connectivity index (χ1v) is 8.05. The highest BCUT2D eigenvalue weighted by molar-refractivity contribution is 5.98. The normalized spacial score (nSPS) is 15.2. The fourth-order valence-corrected chi connectivity index (χ4v) is 3.74. The van der Waals surface area contributed by atoms with Crippen LogP contribution in [0.15, 0.2) is 0 Å². The summed E-state index contributed by atoms with van der Waals surface area (Å²) < 4.78 is 6.20. The van der Waals surface area contributed by atoms with Gasteiger partial charge in [-0.1, -0.05) is 62.3 Å². The summed E-state index contributed by atoms with van der Waals surface area (Å²) in [5, 5.41) is 0. The van der Waals surface area contributed by atoms with Gasteiger partial charge in [-0.15, -0.1) is 0 Å². The van der Waals surface area contributed by atoms with Crippen molar-refractivity contribution in [3.8, 4) is 0 Å². The van der Waals surface area contributed by atoms with Gasteiger partial charge in [0.15, 0.2) is 0 Å². The van der Waals surface area contributed by atoms with Crippen LogP contribution in [0.1, 0.15) is 81.6 Å². The van der Waals surface area contributed by atoms with E-state index in [9.17, 15) is 0 Å². The Hall–Kier alpha value is 0.177. The van der Waals surface area contributed by atoms with Gasteiger partial charge in [0.25, 0.3) is 0 Å². The fourth-order valence-electron chi connectivity index (χ4n) is 3.30. The van der Waals surface area contributed by atoms with Crippen LogP contribution in [0, 0.1) is 16.2 Å². The minimum absolute atomic E-state index is 0.0565. The summed E-state index contributed by atoms with van der Waals surface area (Å²) in [7, 11) is 0.826. The Morgan fingerprint density at radius 2 is 0.833 bits per heavy atom. The maximum Gasteiger partial charge on any atom is 0.146 e. The smallest absolute Gasteiger partial charge is 0.146 e. The lowest BCUT2D eigenvalue weighted by Crippen LogP contribution is -2.43. The SMILES string of the molecule is CC(C)(C)CC(CC(C)(C)C)(CC(C)(C)C)O[SiH3]. The first-order chi connectivity index (χ1) is 7.68. The van der Waals surface area contributed by atoms with Crippen LogP contribution in [-0.4, -0.2) is 16.1 Å². The lowest BCUT2D eigenvalue weighted by Gasteiger charge is -2.45. The second-order valence-electron chi connectivity index (χ2n) is 9.60. The van der Waals surface area contributed by atoms with Crippen molar-refractivity contribution in [2.45, 2.75) is 87.2 Å². The minimum atomic E-state index is 0.0565. The third-order valence-electron chi connectivity index (χ3n) is 2.99. The topological polar surface area (TPSA) is 9.23 Å². The molecule has 0 rings (SSSR count). The molecule has 2 heteroatoms. The van der Waals surface area contributed by atoms with Gasteiger partial charge in [-0.3, -0.25) is 0 Å². The van der Waals surface area contributed by atoms with Crippen molar-refractivity contribution in [2.75, 3.05) is 0 Å². The maximum absolute atomic E-state index is 6.20. The van der Waals surface area contributed by atoms with Crippen molar-refractivity contribution < 1.29 is 4.43 Å². The maximum atomic E-state index is 6.20. The molecule has 0 heterocycles. The van der Waals surface area contributed by atoms with Gasteiger partial charge < -0.3 is 4.43 Å². The van der Waals surface area contributed by atoms with Crippen LogP contribution in [0.3, 0.4) is 0 Å². The van der Waals surface area contributed by atoms with E-state index in [1.54, 1.807) is 0 Å². The molecule has 0 aromatic heterocycles. The summed E-state index contributed by atoms with van der Waals surface area (Å²) in [6.07, 6.45) is 3.45. The molecule has 0 saturated heterocycles. The third kappa shape index (κ3) is 8.31. The zero-order valence-corrected chi connectivity index (χ0v) is 16.5. The molecular weight excluding hydrogens is 236 g/mol. The molecule has 0 aromatic carbocycles. The summed E-state index contributed by atoms with van der Waals surface area (Å²) in [5.74, 6) is 0. The highest BCUT2D eigenvalue weighted by Gasteiger charge is 2.40. The average molecular weight is 273 g/mol. The largest absolute Gasteiger partial charge is 0.422 e. The van der Waals surface area contributed by atoms with Crippen molar-refractivity contribution in [3.05, 3.63) is 0 Å². The van der Waals surface area contributed by atoms with Gasteiger partial charge in [0.2, 0.25) is 0 Å². The molecule has 0 aromatic rings. The van der Waals surface area contributed by atoms with Gasteiger partial charge in [-0.25, -0.2) is 0 Å². The highest BCUT2D eigenvalue weighted by atomic mass is 28.2. The number of rotatable bonds is 4. The molecule has 110 valence electrons. The third-order valence-corrected chi connectivity index (χ3v) is 3.86.